The third kappa shape index (κ3) is 15.7. The van der Waals surface area contributed by atoms with Gasteiger partial charge in [0.1, 0.15) is 0 Å². The Hall–Kier alpha value is 0.709. The van der Waals surface area contributed by atoms with Gasteiger partial charge in [-0.1, -0.05) is 7.43 Å². The van der Waals surface area contributed by atoms with Crippen LogP contribution in [0, 0.1) is 0 Å². The molecule has 0 unspecified atom stereocenters. The Bertz CT molecular complexity index is 8.00. The minimum absolute atomic E-state index is 0. The lowest BCUT2D eigenvalue weighted by atomic mass is 12.0. The van der Waals surface area contributed by atoms with Crippen molar-refractivity contribution in [1.29, 1.82) is 0 Å². The molecule has 0 aromatic heterocycles. The van der Waals surface area contributed by atoms with Gasteiger partial charge in [0, 0.05) is 28.3 Å². The Morgan fingerprint density at radius 2 is 1.00 bits per heavy atom. The van der Waals surface area contributed by atoms with Gasteiger partial charge in [-0.05, 0) is 0 Å². The zero-order chi connectivity index (χ0) is 0. The second-order valence-electron chi connectivity index (χ2n) is 0. The standard InChI is InChI=1S/CH4.Al.H3N.Si/h1H4;;1H3;. The van der Waals surface area contributed by atoms with Crippen molar-refractivity contribution in [3.63, 3.8) is 0 Å². The molecule has 0 saturated carbocycles. The molecule has 0 saturated heterocycles. The molecule has 0 atom stereocenters. The van der Waals surface area contributed by atoms with Gasteiger partial charge < -0.3 is 6.15 Å². The second-order valence-corrected chi connectivity index (χ2v) is 0. The van der Waals surface area contributed by atoms with Gasteiger partial charge in [-0.25, -0.2) is 0 Å². The SMILES string of the molecule is C.N.[Al].[Si]. The predicted molar refractivity (Wildman–Crippen MR) is 23.3 cm³/mol. The fraction of sp³-hybridized carbons (Fsp3) is 1.00. The molecule has 4 heavy (non-hydrogen) atoms. The molecule has 3 N–H and O–H groups in total. The van der Waals surface area contributed by atoms with Gasteiger partial charge in [-0.15, -0.1) is 0 Å². The highest BCUT2D eigenvalue weighted by Gasteiger charge is 0.00103. The zero-order valence-electron chi connectivity index (χ0n) is 1.78. The summed E-state index contributed by atoms with van der Waals surface area (Å²) in [5.41, 5.74) is 0. The van der Waals surface area contributed by atoms with E-state index in [4.69, 9.17) is 0 Å². The van der Waals surface area contributed by atoms with Gasteiger partial charge in [0.15, 0.2) is 0 Å². The van der Waals surface area contributed by atoms with Gasteiger partial charge >= 0.3 is 0 Å². The minimum atomic E-state index is 0. The van der Waals surface area contributed by atoms with Gasteiger partial charge in [-0.2, -0.15) is 0 Å². The molecule has 0 fully saturated rings. The Labute approximate surface area is 42.5 Å². The number of rotatable bonds is 0. The van der Waals surface area contributed by atoms with E-state index in [0.29, 0.717) is 0 Å². The summed E-state index contributed by atoms with van der Waals surface area (Å²) >= 11 is 0. The summed E-state index contributed by atoms with van der Waals surface area (Å²) < 4.78 is 0. The van der Waals surface area contributed by atoms with Crippen molar-refractivity contribution in [2.45, 2.75) is 7.43 Å². The quantitative estimate of drug-likeness (QED) is 0.417. The highest BCUT2D eigenvalue weighted by molar-refractivity contribution is 5.76. The maximum absolute atomic E-state index is 0. The first-order valence-corrected chi connectivity index (χ1v) is 0. The molecule has 7 radical (unpaired) electrons. The lowest BCUT2D eigenvalue weighted by Crippen LogP contribution is -0.481. The van der Waals surface area contributed by atoms with Crippen LogP contribution in [0.15, 0.2) is 0 Å². The normalized spacial score (nSPS) is 0. The largest absolute Gasteiger partial charge is 0.344 e. The van der Waals surface area contributed by atoms with Crippen molar-refractivity contribution < 1.29 is 0 Å². The molecule has 0 heterocycles. The summed E-state index contributed by atoms with van der Waals surface area (Å²) in [5.74, 6) is 0. The minimum Gasteiger partial charge on any atom is -0.344 e. The summed E-state index contributed by atoms with van der Waals surface area (Å²) in [6.07, 6.45) is 0. The number of hydrogen-bond donors (Lipinski definition) is 1. The highest BCUT2D eigenvalue weighted by Crippen LogP contribution is 0.144. The van der Waals surface area contributed by atoms with Crippen LogP contribution in [0.5, 0.6) is 0 Å². The lowest BCUT2D eigenvalue weighted by Gasteiger charge is -0.344. The van der Waals surface area contributed by atoms with Crippen molar-refractivity contribution >= 4 is 28.3 Å². The molecular formula is CH7AlNSi. The molecule has 0 aromatic carbocycles. The van der Waals surface area contributed by atoms with E-state index in [9.17, 15) is 0 Å². The van der Waals surface area contributed by atoms with Gasteiger partial charge in [0.25, 0.3) is 0 Å². The molecular weight excluding hydrogens is 81.1 g/mol. The summed E-state index contributed by atoms with van der Waals surface area (Å²) in [5, 5.41) is 0. The Kier molecular flexibility index (Phi) is 1740. The van der Waals surface area contributed by atoms with Gasteiger partial charge in [0.2, 0.25) is 0 Å². The first kappa shape index (κ1) is 129. The van der Waals surface area contributed by atoms with Gasteiger partial charge in [0.05, 0.1) is 0 Å². The van der Waals surface area contributed by atoms with Crippen molar-refractivity contribution in [3.05, 3.63) is 0 Å². The first-order valence-electron chi connectivity index (χ1n) is 0. The molecule has 0 spiro atoms. The molecule has 0 amide bonds. The highest BCUT2D eigenvalue weighted by atomic mass is 28.1. The molecule has 23 valence electrons. The third-order valence-electron chi connectivity index (χ3n) is 0. The molecule has 1 nitrogen and oxygen atoms in total. The summed E-state index contributed by atoms with van der Waals surface area (Å²) in [7, 11) is 0. The van der Waals surface area contributed by atoms with Crippen LogP contribution in [0.2, 0.25) is 0 Å². The predicted octanol–water partition coefficient (Wildman–Crippen LogP) is 0.0365. The molecule has 3 heteroatoms. The first-order chi connectivity index (χ1) is 0. The number of hydrogen-bond acceptors (Lipinski definition) is 1. The molecule has 0 rings (SSSR count). The maximum Gasteiger partial charge on any atom is 0 e. The van der Waals surface area contributed by atoms with Crippen LogP contribution in [-0.4, -0.2) is 28.3 Å². The van der Waals surface area contributed by atoms with E-state index >= 15 is 0 Å². The van der Waals surface area contributed by atoms with Crippen LogP contribution in [0.4, 0.5) is 0 Å². The molecule has 0 aliphatic heterocycles. The van der Waals surface area contributed by atoms with E-state index in [1.165, 1.54) is 0 Å². The van der Waals surface area contributed by atoms with Crippen molar-refractivity contribution in [3.8, 4) is 0 Å². The average Bonchev–Trinajstić information content (AvgIpc) is 0. The monoisotopic (exact) mass is 88.0 g/mol. The van der Waals surface area contributed by atoms with Crippen molar-refractivity contribution in [2.75, 3.05) is 0 Å². The topological polar surface area (TPSA) is 35.0 Å². The lowest BCUT2D eigenvalue weighted by molar-refractivity contribution is 2.13. The summed E-state index contributed by atoms with van der Waals surface area (Å²) in [6, 6.07) is 0. The maximum atomic E-state index is 0. The molecule has 0 bridgehead atoms. The average molecular weight is 88.1 g/mol. The van der Waals surface area contributed by atoms with E-state index in [-0.39, 0.29) is 41.9 Å². The fourth-order valence-corrected chi connectivity index (χ4v) is 0. The van der Waals surface area contributed by atoms with E-state index in [1.807, 2.05) is 0 Å². The third-order valence-corrected chi connectivity index (χ3v) is 0. The van der Waals surface area contributed by atoms with E-state index in [1.54, 1.807) is 0 Å². The Morgan fingerprint density at radius 3 is 1.00 bits per heavy atom. The molecule has 0 aliphatic carbocycles. The van der Waals surface area contributed by atoms with Crippen molar-refractivity contribution in [2.24, 2.45) is 0 Å². The van der Waals surface area contributed by atoms with Crippen molar-refractivity contribution in [1.82, 2.24) is 6.15 Å². The van der Waals surface area contributed by atoms with Crippen LogP contribution in [0.3, 0.4) is 0 Å². The Balaban J connectivity index is 0. The zero-order valence-corrected chi connectivity index (χ0v) is 3.94. The van der Waals surface area contributed by atoms with Crippen LogP contribution >= 0.6 is 0 Å². The van der Waals surface area contributed by atoms with E-state index in [2.05, 4.69) is 0 Å². The molecule has 0 aliphatic rings. The van der Waals surface area contributed by atoms with E-state index in [0.717, 1.165) is 0 Å². The summed E-state index contributed by atoms with van der Waals surface area (Å²) in [6.45, 7) is 0. The fourth-order valence-electron chi connectivity index (χ4n) is 0. The van der Waals surface area contributed by atoms with Crippen LogP contribution in [-0.2, 0) is 0 Å². The Morgan fingerprint density at radius 1 is 1.00 bits per heavy atom. The summed E-state index contributed by atoms with van der Waals surface area (Å²) in [4.78, 5) is 0. The molecule has 0 aromatic rings. The van der Waals surface area contributed by atoms with Crippen LogP contribution in [0.25, 0.3) is 0 Å². The van der Waals surface area contributed by atoms with Crippen LogP contribution in [0.1, 0.15) is 7.43 Å². The van der Waals surface area contributed by atoms with E-state index < -0.39 is 0 Å². The smallest absolute Gasteiger partial charge is 0 e. The second kappa shape index (κ2) is 54.1. The van der Waals surface area contributed by atoms with Gasteiger partial charge in [-0.3, -0.25) is 0 Å². The van der Waals surface area contributed by atoms with Crippen LogP contribution < -0.4 is 6.15 Å².